The lowest BCUT2D eigenvalue weighted by Gasteiger charge is -2.16. The van der Waals surface area contributed by atoms with Crippen LogP contribution in [-0.4, -0.2) is 32.0 Å². The summed E-state index contributed by atoms with van der Waals surface area (Å²) < 4.78 is 19.3. The Labute approximate surface area is 213 Å². The number of nitrogens with zero attached hydrogens (tertiary/aromatic N) is 5. The molecule has 5 rings (SSSR count). The molecule has 8 nitrogen and oxygen atoms in total. The quantitative estimate of drug-likeness (QED) is 0.226. The molecule has 0 aliphatic heterocycles. The fourth-order valence-electron chi connectivity index (χ4n) is 3.80. The van der Waals surface area contributed by atoms with Gasteiger partial charge in [-0.3, -0.25) is 4.57 Å². The van der Waals surface area contributed by atoms with Crippen LogP contribution in [0, 0.1) is 6.92 Å². The first-order valence-electron chi connectivity index (χ1n) is 11.5. The van der Waals surface area contributed by atoms with Gasteiger partial charge in [-0.15, -0.1) is 10.2 Å². The van der Waals surface area contributed by atoms with Crippen molar-refractivity contribution >= 4 is 11.8 Å². The number of hydrogen-bond donors (Lipinski definition) is 0. The van der Waals surface area contributed by atoms with E-state index in [1.165, 1.54) is 11.8 Å². The number of methoxy groups -OCH3 is 1. The maximum Gasteiger partial charge on any atom is 0.239 e. The Morgan fingerprint density at radius 3 is 2.39 bits per heavy atom. The molecule has 5 aromatic rings. The van der Waals surface area contributed by atoms with E-state index in [1.54, 1.807) is 14.0 Å². The van der Waals surface area contributed by atoms with Gasteiger partial charge in [0.25, 0.3) is 0 Å². The van der Waals surface area contributed by atoms with E-state index in [-0.39, 0.29) is 11.9 Å². The molecule has 0 saturated carbocycles. The monoisotopic (exact) mass is 499 g/mol. The Morgan fingerprint density at radius 2 is 1.64 bits per heavy atom. The van der Waals surface area contributed by atoms with Crippen LogP contribution in [-0.2, 0) is 6.61 Å². The van der Waals surface area contributed by atoms with Crippen LogP contribution < -0.4 is 9.47 Å². The number of rotatable bonds is 9. The Balaban J connectivity index is 1.48. The summed E-state index contributed by atoms with van der Waals surface area (Å²) in [5.74, 6) is 3.23. The summed E-state index contributed by atoms with van der Waals surface area (Å²) in [5, 5.41) is 13.4. The molecule has 0 fully saturated rings. The SMILES string of the molecule is COc1ccccc1-n1c(COc2ccccc2-c2ccccc2)nnc1SC(C)c1nc(C)no1. The summed E-state index contributed by atoms with van der Waals surface area (Å²) in [5.41, 5.74) is 2.91. The van der Waals surface area contributed by atoms with Gasteiger partial charge in [0, 0.05) is 5.56 Å². The molecule has 1 unspecified atom stereocenters. The fraction of sp³-hybridized carbons (Fsp3) is 0.185. The Morgan fingerprint density at radius 1 is 0.917 bits per heavy atom. The second kappa shape index (κ2) is 10.7. The van der Waals surface area contributed by atoms with Crippen molar-refractivity contribution in [2.24, 2.45) is 0 Å². The van der Waals surface area contributed by atoms with Crippen LogP contribution in [0.1, 0.15) is 29.7 Å². The van der Waals surface area contributed by atoms with Gasteiger partial charge in [0.2, 0.25) is 5.89 Å². The first kappa shape index (κ1) is 23.6. The molecular formula is C27H25N5O3S. The molecule has 0 aliphatic carbocycles. The summed E-state index contributed by atoms with van der Waals surface area (Å²) in [6, 6.07) is 25.9. The molecule has 0 saturated heterocycles. The van der Waals surface area contributed by atoms with Gasteiger partial charge in [-0.25, -0.2) is 0 Å². The molecule has 3 aromatic carbocycles. The molecule has 0 radical (unpaired) electrons. The highest BCUT2D eigenvalue weighted by atomic mass is 32.2. The number of thioether (sulfide) groups is 1. The molecule has 0 spiro atoms. The highest BCUT2D eigenvalue weighted by Crippen LogP contribution is 2.37. The smallest absolute Gasteiger partial charge is 0.239 e. The summed E-state index contributed by atoms with van der Waals surface area (Å²) in [7, 11) is 1.64. The van der Waals surface area contributed by atoms with Crippen molar-refractivity contribution in [3.8, 4) is 28.3 Å². The maximum atomic E-state index is 6.31. The third kappa shape index (κ3) is 4.96. The molecule has 36 heavy (non-hydrogen) atoms. The van der Waals surface area contributed by atoms with Crippen LogP contribution in [0.2, 0.25) is 0 Å². The standard InChI is InChI=1S/C27H25N5O3S/c1-18(26-28-19(2)31-35-26)36-27-30-29-25(32(27)22-14-8-10-16-24(22)33-3)17-34-23-15-9-7-13-21(23)20-11-5-4-6-12-20/h4-16,18H,17H2,1-3H3. The zero-order valence-corrected chi connectivity index (χ0v) is 21.0. The minimum Gasteiger partial charge on any atom is -0.495 e. The Bertz CT molecular complexity index is 1450. The van der Waals surface area contributed by atoms with E-state index >= 15 is 0 Å². The first-order chi connectivity index (χ1) is 17.6. The van der Waals surface area contributed by atoms with E-state index in [1.807, 2.05) is 78.2 Å². The van der Waals surface area contributed by atoms with Gasteiger partial charge in [0.15, 0.2) is 16.8 Å². The molecule has 0 bridgehead atoms. The van der Waals surface area contributed by atoms with Crippen LogP contribution in [0.4, 0.5) is 0 Å². The lowest BCUT2D eigenvalue weighted by atomic mass is 10.1. The van der Waals surface area contributed by atoms with Gasteiger partial charge in [0.1, 0.15) is 18.1 Å². The van der Waals surface area contributed by atoms with E-state index in [0.29, 0.717) is 28.4 Å². The maximum absolute atomic E-state index is 6.31. The molecule has 182 valence electrons. The third-order valence-corrected chi connectivity index (χ3v) is 6.56. The van der Waals surface area contributed by atoms with Gasteiger partial charge in [-0.1, -0.05) is 77.6 Å². The van der Waals surface area contributed by atoms with Gasteiger partial charge >= 0.3 is 0 Å². The minimum absolute atomic E-state index is 0.128. The highest BCUT2D eigenvalue weighted by Gasteiger charge is 2.23. The van der Waals surface area contributed by atoms with Crippen LogP contribution in [0.15, 0.2) is 88.5 Å². The second-order valence-corrected chi connectivity index (χ2v) is 9.30. The summed E-state index contributed by atoms with van der Waals surface area (Å²) in [4.78, 5) is 4.36. The van der Waals surface area contributed by atoms with E-state index < -0.39 is 0 Å². The molecule has 0 amide bonds. The van der Waals surface area contributed by atoms with E-state index in [2.05, 4.69) is 32.5 Å². The van der Waals surface area contributed by atoms with Crippen molar-refractivity contribution in [3.63, 3.8) is 0 Å². The van der Waals surface area contributed by atoms with Gasteiger partial charge in [-0.2, -0.15) is 4.98 Å². The van der Waals surface area contributed by atoms with Crippen LogP contribution in [0.3, 0.4) is 0 Å². The molecule has 0 aliphatic rings. The van der Waals surface area contributed by atoms with Gasteiger partial charge < -0.3 is 14.0 Å². The largest absolute Gasteiger partial charge is 0.495 e. The van der Waals surface area contributed by atoms with Crippen molar-refractivity contribution < 1.29 is 14.0 Å². The Hall–Kier alpha value is -4.11. The van der Waals surface area contributed by atoms with E-state index in [4.69, 9.17) is 14.0 Å². The van der Waals surface area contributed by atoms with Gasteiger partial charge in [-0.05, 0) is 37.6 Å². The summed E-state index contributed by atoms with van der Waals surface area (Å²) in [6.07, 6.45) is 0. The normalized spacial score (nSPS) is 11.9. The average molecular weight is 500 g/mol. The van der Waals surface area contributed by atoms with Crippen molar-refractivity contribution in [2.45, 2.75) is 30.9 Å². The third-order valence-electron chi connectivity index (χ3n) is 5.53. The number of benzene rings is 3. The predicted molar refractivity (Wildman–Crippen MR) is 137 cm³/mol. The number of para-hydroxylation sites is 3. The first-order valence-corrected chi connectivity index (χ1v) is 12.3. The predicted octanol–water partition coefficient (Wildman–Crippen LogP) is 6.07. The lowest BCUT2D eigenvalue weighted by Crippen LogP contribution is -2.08. The molecule has 1 atom stereocenters. The molecule has 0 N–H and O–H groups in total. The number of aromatic nitrogens is 5. The lowest BCUT2D eigenvalue weighted by molar-refractivity contribution is 0.293. The number of ether oxygens (including phenoxy) is 2. The molecule has 2 aromatic heterocycles. The van der Waals surface area contributed by atoms with Crippen LogP contribution in [0.5, 0.6) is 11.5 Å². The molecular weight excluding hydrogens is 474 g/mol. The van der Waals surface area contributed by atoms with Crippen molar-refractivity contribution in [2.75, 3.05) is 7.11 Å². The highest BCUT2D eigenvalue weighted by molar-refractivity contribution is 7.99. The van der Waals surface area contributed by atoms with Crippen LogP contribution in [0.25, 0.3) is 16.8 Å². The zero-order chi connectivity index (χ0) is 24.9. The van der Waals surface area contributed by atoms with E-state index in [9.17, 15) is 0 Å². The Kier molecular flexibility index (Phi) is 6.99. The fourth-order valence-corrected chi connectivity index (χ4v) is 4.71. The van der Waals surface area contributed by atoms with Crippen LogP contribution >= 0.6 is 11.8 Å². The molecule has 9 heteroatoms. The second-order valence-electron chi connectivity index (χ2n) is 8.00. The molecule has 2 heterocycles. The zero-order valence-electron chi connectivity index (χ0n) is 20.2. The van der Waals surface area contributed by atoms with Crippen molar-refractivity contribution in [1.82, 2.24) is 24.9 Å². The topological polar surface area (TPSA) is 88.1 Å². The number of hydrogen-bond acceptors (Lipinski definition) is 8. The number of aryl methyl sites for hydroxylation is 1. The van der Waals surface area contributed by atoms with Crippen molar-refractivity contribution in [1.29, 1.82) is 0 Å². The average Bonchev–Trinajstić information content (AvgIpc) is 3.54. The summed E-state index contributed by atoms with van der Waals surface area (Å²) in [6.45, 7) is 4.00. The summed E-state index contributed by atoms with van der Waals surface area (Å²) >= 11 is 1.48. The van der Waals surface area contributed by atoms with E-state index in [0.717, 1.165) is 22.6 Å². The van der Waals surface area contributed by atoms with Gasteiger partial charge in [0.05, 0.1) is 18.0 Å². The minimum atomic E-state index is -0.128. The van der Waals surface area contributed by atoms with Crippen molar-refractivity contribution in [3.05, 3.63) is 96.4 Å².